The maximum atomic E-state index is 11.0. The van der Waals surface area contributed by atoms with Gasteiger partial charge in [0, 0.05) is 5.56 Å². The molecule has 0 N–H and O–H groups in total. The van der Waals surface area contributed by atoms with E-state index in [0.29, 0.717) is 22.4 Å². The number of benzene rings is 1. The quantitative estimate of drug-likeness (QED) is 0.615. The third kappa shape index (κ3) is 3.66. The van der Waals surface area contributed by atoms with Gasteiger partial charge >= 0.3 is 5.97 Å². The van der Waals surface area contributed by atoms with Gasteiger partial charge < -0.3 is 9.47 Å². The third-order valence-corrected chi connectivity index (χ3v) is 2.36. The molecule has 0 aliphatic carbocycles. The minimum atomic E-state index is -0.422. The Morgan fingerprint density at radius 1 is 1.50 bits per heavy atom. The largest absolute Gasteiger partial charge is 0.481 e. The number of rotatable bonds is 5. The van der Waals surface area contributed by atoms with E-state index < -0.39 is 5.97 Å². The molecule has 0 saturated heterocycles. The fourth-order valence-electron chi connectivity index (χ4n) is 1.05. The average Bonchev–Trinajstić information content (AvgIpc) is 2.27. The van der Waals surface area contributed by atoms with Gasteiger partial charge in [0.05, 0.1) is 11.1 Å². The first kappa shape index (κ1) is 12.7. The van der Waals surface area contributed by atoms with E-state index in [4.69, 9.17) is 9.47 Å². The predicted octanol–water partition coefficient (Wildman–Crippen LogP) is 2.20. The van der Waals surface area contributed by atoms with E-state index in [9.17, 15) is 9.59 Å². The molecule has 0 aliphatic heterocycles. The zero-order valence-corrected chi connectivity index (χ0v) is 10.3. The fraction of sp³-hybridized carbons (Fsp3) is 0.273. The standard InChI is InChI=1S/C11H11BrO4/c1-2-15-11(14)7-16-10-4-3-8(6-13)5-9(10)12/h3-6H,2,7H2,1H3. The zero-order valence-electron chi connectivity index (χ0n) is 8.73. The fourth-order valence-corrected chi connectivity index (χ4v) is 1.56. The predicted molar refractivity (Wildman–Crippen MR) is 61.7 cm³/mol. The molecule has 0 bridgehead atoms. The van der Waals surface area contributed by atoms with E-state index >= 15 is 0 Å². The van der Waals surface area contributed by atoms with Crippen LogP contribution in [0.2, 0.25) is 0 Å². The van der Waals surface area contributed by atoms with Crippen molar-refractivity contribution in [2.45, 2.75) is 6.92 Å². The SMILES string of the molecule is CCOC(=O)COc1ccc(C=O)cc1Br. The zero-order chi connectivity index (χ0) is 12.0. The topological polar surface area (TPSA) is 52.6 Å². The number of hydrogen-bond donors (Lipinski definition) is 0. The summed E-state index contributed by atoms with van der Waals surface area (Å²) in [7, 11) is 0. The number of carbonyl (C=O) groups is 2. The van der Waals surface area contributed by atoms with Crippen LogP contribution in [0.1, 0.15) is 17.3 Å². The van der Waals surface area contributed by atoms with Crippen molar-refractivity contribution in [2.75, 3.05) is 13.2 Å². The molecular formula is C11H11BrO4. The van der Waals surface area contributed by atoms with Gasteiger partial charge in [0.15, 0.2) is 6.61 Å². The van der Waals surface area contributed by atoms with Gasteiger partial charge in [-0.2, -0.15) is 0 Å². The molecule has 0 saturated carbocycles. The summed E-state index contributed by atoms with van der Waals surface area (Å²) < 4.78 is 10.6. The lowest BCUT2D eigenvalue weighted by atomic mass is 10.2. The second kappa shape index (κ2) is 6.27. The van der Waals surface area contributed by atoms with E-state index in [-0.39, 0.29) is 6.61 Å². The Morgan fingerprint density at radius 2 is 2.25 bits per heavy atom. The first-order chi connectivity index (χ1) is 7.67. The molecule has 0 amide bonds. The van der Waals surface area contributed by atoms with Crippen LogP contribution < -0.4 is 4.74 Å². The van der Waals surface area contributed by atoms with Gasteiger partial charge in [-0.25, -0.2) is 4.79 Å². The van der Waals surface area contributed by atoms with E-state index in [0.717, 1.165) is 6.29 Å². The van der Waals surface area contributed by atoms with Gasteiger partial charge in [0.1, 0.15) is 12.0 Å². The number of carbonyl (C=O) groups excluding carboxylic acids is 2. The summed E-state index contributed by atoms with van der Waals surface area (Å²) in [6, 6.07) is 4.85. The van der Waals surface area contributed by atoms with Gasteiger partial charge in [0.2, 0.25) is 0 Å². The van der Waals surface area contributed by atoms with Crippen molar-refractivity contribution in [1.82, 2.24) is 0 Å². The monoisotopic (exact) mass is 286 g/mol. The highest BCUT2D eigenvalue weighted by Crippen LogP contribution is 2.25. The highest BCUT2D eigenvalue weighted by molar-refractivity contribution is 9.10. The van der Waals surface area contributed by atoms with Crippen LogP contribution in [-0.4, -0.2) is 25.5 Å². The van der Waals surface area contributed by atoms with Crippen LogP contribution in [0.4, 0.5) is 0 Å². The molecule has 0 unspecified atom stereocenters. The third-order valence-electron chi connectivity index (χ3n) is 1.74. The molecule has 0 aliphatic rings. The van der Waals surface area contributed by atoms with Gasteiger partial charge in [-0.1, -0.05) is 0 Å². The smallest absolute Gasteiger partial charge is 0.344 e. The van der Waals surface area contributed by atoms with E-state index in [1.807, 2.05) is 0 Å². The Kier molecular flexibility index (Phi) is 4.98. The highest BCUT2D eigenvalue weighted by atomic mass is 79.9. The maximum absolute atomic E-state index is 11.0. The molecule has 0 heterocycles. The lowest BCUT2D eigenvalue weighted by Crippen LogP contribution is -2.14. The first-order valence-electron chi connectivity index (χ1n) is 4.70. The molecule has 1 rings (SSSR count). The van der Waals surface area contributed by atoms with Crippen molar-refractivity contribution in [3.8, 4) is 5.75 Å². The summed E-state index contributed by atoms with van der Waals surface area (Å²) >= 11 is 3.24. The van der Waals surface area contributed by atoms with Crippen molar-refractivity contribution >= 4 is 28.2 Å². The average molecular weight is 287 g/mol. The van der Waals surface area contributed by atoms with Crippen molar-refractivity contribution in [2.24, 2.45) is 0 Å². The molecule has 1 aromatic rings. The van der Waals surface area contributed by atoms with Crippen molar-refractivity contribution in [3.63, 3.8) is 0 Å². The molecule has 1 aromatic carbocycles. The second-order valence-electron chi connectivity index (χ2n) is 2.90. The van der Waals surface area contributed by atoms with Crippen molar-refractivity contribution < 1.29 is 19.1 Å². The number of aldehydes is 1. The molecule has 0 aromatic heterocycles. The molecule has 4 nitrogen and oxygen atoms in total. The molecule has 0 spiro atoms. The van der Waals surface area contributed by atoms with Crippen LogP contribution in [0.15, 0.2) is 22.7 Å². The van der Waals surface area contributed by atoms with Gasteiger partial charge in [-0.15, -0.1) is 0 Å². The van der Waals surface area contributed by atoms with Gasteiger partial charge in [-0.05, 0) is 41.1 Å². The Balaban J connectivity index is 2.60. The lowest BCUT2D eigenvalue weighted by Gasteiger charge is -2.07. The van der Waals surface area contributed by atoms with E-state index in [1.54, 1.807) is 25.1 Å². The minimum Gasteiger partial charge on any atom is -0.481 e. The van der Waals surface area contributed by atoms with Crippen molar-refractivity contribution in [3.05, 3.63) is 28.2 Å². The second-order valence-corrected chi connectivity index (χ2v) is 3.76. The lowest BCUT2D eigenvalue weighted by molar-refractivity contribution is -0.145. The van der Waals surface area contributed by atoms with Crippen LogP contribution in [0.5, 0.6) is 5.75 Å². The molecule has 16 heavy (non-hydrogen) atoms. The normalized spacial score (nSPS) is 9.62. The summed E-state index contributed by atoms with van der Waals surface area (Å²) in [5.41, 5.74) is 0.537. The molecule has 5 heteroatoms. The van der Waals surface area contributed by atoms with Crippen LogP contribution in [0, 0.1) is 0 Å². The Morgan fingerprint density at radius 3 is 2.81 bits per heavy atom. The van der Waals surface area contributed by atoms with Crippen LogP contribution in [0.25, 0.3) is 0 Å². The molecule has 0 fully saturated rings. The van der Waals surface area contributed by atoms with Crippen LogP contribution >= 0.6 is 15.9 Å². The Hall–Kier alpha value is -1.36. The number of halogens is 1. The van der Waals surface area contributed by atoms with Crippen LogP contribution in [0.3, 0.4) is 0 Å². The number of esters is 1. The molecular weight excluding hydrogens is 276 g/mol. The summed E-state index contributed by atoms with van der Waals surface area (Å²) in [5, 5.41) is 0. The van der Waals surface area contributed by atoms with E-state index in [2.05, 4.69) is 15.9 Å². The first-order valence-corrected chi connectivity index (χ1v) is 5.49. The van der Waals surface area contributed by atoms with Gasteiger partial charge in [0.25, 0.3) is 0 Å². The van der Waals surface area contributed by atoms with Gasteiger partial charge in [-0.3, -0.25) is 4.79 Å². The molecule has 0 radical (unpaired) electrons. The Labute approximate surface area is 102 Å². The number of ether oxygens (including phenoxy) is 2. The molecule has 0 atom stereocenters. The summed E-state index contributed by atoms with van der Waals surface area (Å²) in [6.45, 7) is 1.91. The number of hydrogen-bond acceptors (Lipinski definition) is 4. The summed E-state index contributed by atoms with van der Waals surface area (Å²) in [6.07, 6.45) is 0.736. The summed E-state index contributed by atoms with van der Waals surface area (Å²) in [4.78, 5) is 21.5. The van der Waals surface area contributed by atoms with Crippen molar-refractivity contribution in [1.29, 1.82) is 0 Å². The summed E-state index contributed by atoms with van der Waals surface area (Å²) in [5.74, 6) is 0.0764. The minimum absolute atomic E-state index is 0.146. The molecule has 86 valence electrons. The van der Waals surface area contributed by atoms with E-state index in [1.165, 1.54) is 0 Å². The Bertz CT molecular complexity index is 390. The highest BCUT2D eigenvalue weighted by Gasteiger charge is 2.06. The maximum Gasteiger partial charge on any atom is 0.344 e. The van der Waals surface area contributed by atoms with Crippen LogP contribution in [-0.2, 0) is 9.53 Å².